The number of aliphatic hydroxyl groups is 3. The lowest BCUT2D eigenvalue weighted by Crippen LogP contribution is -2.71. The van der Waals surface area contributed by atoms with Gasteiger partial charge in [0.15, 0.2) is 17.2 Å². The Balaban J connectivity index is 1.44. The minimum atomic E-state index is -2.64. The Bertz CT molecular complexity index is 1620. The second kappa shape index (κ2) is 11.5. The van der Waals surface area contributed by atoms with E-state index >= 15 is 0 Å². The number of Topliss-reactive ketones (excluding diaryl/α,β-unsaturated/α-hetero) is 2. The fourth-order valence-electron chi connectivity index (χ4n) is 8.07. The summed E-state index contributed by atoms with van der Waals surface area (Å²) in [5, 5.41) is 46.4. The van der Waals surface area contributed by atoms with Crippen molar-refractivity contribution in [3.8, 4) is 17.1 Å². The molecule has 1 aromatic heterocycles. The van der Waals surface area contributed by atoms with Gasteiger partial charge in [-0.3, -0.25) is 19.3 Å². The molecule has 1 saturated heterocycles. The monoisotopic (exact) mass is 637 g/mol. The van der Waals surface area contributed by atoms with Gasteiger partial charge in [0.2, 0.25) is 5.91 Å². The number of phenolic OH excluding ortho intramolecular Hbond substituents is 1. The van der Waals surface area contributed by atoms with E-state index in [9.17, 15) is 34.8 Å². The van der Waals surface area contributed by atoms with Crippen molar-refractivity contribution in [1.82, 2.24) is 14.7 Å². The lowest BCUT2D eigenvalue weighted by Gasteiger charge is -2.53. The zero-order valence-electron chi connectivity index (χ0n) is 26.9. The number of hydrogen-bond donors (Lipinski definition) is 5. The highest BCUT2D eigenvalue weighted by molar-refractivity contribution is 6.17. The molecule has 2 aromatic rings. The molecule has 4 aliphatic rings. The predicted molar refractivity (Wildman–Crippen MR) is 168 cm³/mol. The molecule has 0 bridgehead atoms. The van der Waals surface area contributed by atoms with Crippen LogP contribution in [0.1, 0.15) is 28.1 Å². The lowest BCUT2D eigenvalue weighted by molar-refractivity contribution is -0.178. The average Bonchev–Trinajstić information content (AvgIpc) is 3.44. The Morgan fingerprint density at radius 3 is 2.39 bits per heavy atom. The first kappa shape index (κ1) is 32.2. The second-order valence-corrected chi connectivity index (χ2v) is 13.7. The van der Waals surface area contributed by atoms with Crippen molar-refractivity contribution in [2.75, 3.05) is 66.3 Å². The maximum Gasteiger partial charge on any atom is 0.230 e. The number of anilines is 1. The number of benzene rings is 1. The van der Waals surface area contributed by atoms with Crippen LogP contribution in [0, 0.1) is 17.8 Å². The van der Waals surface area contributed by atoms with Gasteiger partial charge in [0.05, 0.1) is 23.8 Å². The fourth-order valence-corrected chi connectivity index (χ4v) is 8.07. The fraction of sp³-hybridized carbons (Fsp3) is 0.545. The molecule has 46 heavy (non-hydrogen) atoms. The van der Waals surface area contributed by atoms with Gasteiger partial charge >= 0.3 is 0 Å². The number of furan rings is 1. The van der Waals surface area contributed by atoms with Crippen LogP contribution in [0.15, 0.2) is 33.9 Å². The van der Waals surface area contributed by atoms with Crippen molar-refractivity contribution in [3.05, 3.63) is 46.4 Å². The maximum atomic E-state index is 14.3. The van der Waals surface area contributed by atoms with Crippen LogP contribution in [0.3, 0.4) is 0 Å². The quantitative estimate of drug-likeness (QED) is 0.275. The number of phenols is 1. The normalized spacial score (nSPS) is 30.3. The molecular formula is C33H43N5O8. The summed E-state index contributed by atoms with van der Waals surface area (Å²) in [7, 11) is 9.01. The van der Waals surface area contributed by atoms with Gasteiger partial charge in [0, 0.05) is 63.5 Å². The van der Waals surface area contributed by atoms with Crippen molar-refractivity contribution < 1.29 is 39.2 Å². The zero-order valence-corrected chi connectivity index (χ0v) is 26.9. The molecule has 2 heterocycles. The number of nitrogens with two attached hydrogens (primary N) is 1. The van der Waals surface area contributed by atoms with Crippen molar-refractivity contribution in [2.45, 2.75) is 37.1 Å². The topological polar surface area (TPSA) is 184 Å². The van der Waals surface area contributed by atoms with Gasteiger partial charge in [-0.2, -0.15) is 0 Å². The molecule has 1 aromatic carbocycles. The number of primary amides is 1. The number of hydrogen-bond acceptors (Lipinski definition) is 12. The average molecular weight is 638 g/mol. The van der Waals surface area contributed by atoms with Gasteiger partial charge in [0.25, 0.3) is 0 Å². The van der Waals surface area contributed by atoms with E-state index in [0.29, 0.717) is 34.9 Å². The number of nitrogens with zero attached hydrogens (tertiary/aromatic N) is 4. The number of carbonyl (C=O) groups is 3. The van der Waals surface area contributed by atoms with Crippen LogP contribution >= 0.6 is 0 Å². The minimum absolute atomic E-state index is 0.0445. The number of aliphatic hydroxyl groups excluding tert-OH is 2. The predicted octanol–water partition coefficient (Wildman–Crippen LogP) is 0.359. The molecule has 3 aliphatic carbocycles. The van der Waals surface area contributed by atoms with Crippen LogP contribution in [0.25, 0.3) is 11.3 Å². The van der Waals surface area contributed by atoms with E-state index in [4.69, 9.17) is 10.2 Å². The number of aromatic hydroxyl groups is 1. The van der Waals surface area contributed by atoms with E-state index in [1.54, 1.807) is 31.1 Å². The molecule has 248 valence electrons. The van der Waals surface area contributed by atoms with Gasteiger partial charge in [-0.1, -0.05) is 0 Å². The molecule has 6 rings (SSSR count). The summed E-state index contributed by atoms with van der Waals surface area (Å²) in [5.41, 5.74) is 4.15. The summed E-state index contributed by atoms with van der Waals surface area (Å²) < 4.78 is 6.18. The Morgan fingerprint density at radius 1 is 1.11 bits per heavy atom. The number of rotatable bonds is 6. The Morgan fingerprint density at radius 2 is 1.78 bits per heavy atom. The van der Waals surface area contributed by atoms with E-state index < -0.39 is 58.7 Å². The molecule has 1 saturated carbocycles. The highest BCUT2D eigenvalue weighted by Gasteiger charge is 2.66. The molecule has 1 amide bonds. The number of allylic oxidation sites excluding steroid dienone is 1. The standard InChI is InChI=1S/C33H43N5O8/c1-35(2)21-14-19(22-7-6-17(46-22)15-38-10-8-37(5)9-11-38)27(39)24-18(21)12-16-13-20-26(36(3)4)29(41)25(32(34)44)31(43)33(20,45)30(42)23(16)28(24)40/h6-7,14,16,20,25-26,29,39,41-42,45H,8-13,15H2,1-5H3,(H2,34,44)/t16-,20-,25?,26-,29?,33-/m0/s1. The number of amides is 1. The SMILES string of the molecule is CN1CCN(Cc2ccc(-c3cc(N(C)C)c4c(c3O)C(=O)C3=C(O)[C@]5(O)C(=O)C(C(N)=O)C(O)[C@@H](N(C)C)[C@@H]5C[C@@H]3C4)o2)CC1. The van der Waals surface area contributed by atoms with Gasteiger partial charge in [-0.05, 0) is 63.7 Å². The number of fused-ring (bicyclic) bond motifs is 3. The number of likely N-dealkylation sites (N-methyl/N-ethyl adjacent to an activating group) is 2. The highest BCUT2D eigenvalue weighted by atomic mass is 16.4. The van der Waals surface area contributed by atoms with E-state index in [0.717, 1.165) is 26.2 Å². The lowest BCUT2D eigenvalue weighted by atomic mass is 9.56. The molecule has 2 unspecified atom stereocenters. The summed E-state index contributed by atoms with van der Waals surface area (Å²) in [6.07, 6.45) is -1.25. The molecular weight excluding hydrogens is 594 g/mol. The van der Waals surface area contributed by atoms with Crippen LogP contribution in [-0.4, -0.2) is 132 Å². The van der Waals surface area contributed by atoms with E-state index in [2.05, 4.69) is 16.8 Å². The first-order valence-electron chi connectivity index (χ1n) is 15.6. The summed E-state index contributed by atoms with van der Waals surface area (Å²) in [6, 6.07) is 4.46. The zero-order chi connectivity index (χ0) is 33.4. The molecule has 1 aliphatic heterocycles. The van der Waals surface area contributed by atoms with E-state index in [1.807, 2.05) is 25.1 Å². The summed E-state index contributed by atoms with van der Waals surface area (Å²) in [5.74, 6) is -6.58. The third-order valence-corrected chi connectivity index (χ3v) is 10.5. The van der Waals surface area contributed by atoms with Gasteiger partial charge in [-0.25, -0.2) is 0 Å². The van der Waals surface area contributed by atoms with Crippen LogP contribution < -0.4 is 10.6 Å². The molecule has 13 heteroatoms. The van der Waals surface area contributed by atoms with Gasteiger partial charge in [0.1, 0.15) is 28.9 Å². The molecule has 6 N–H and O–H groups in total. The van der Waals surface area contributed by atoms with Crippen molar-refractivity contribution >= 4 is 23.2 Å². The van der Waals surface area contributed by atoms with Crippen LogP contribution in [-0.2, 0) is 22.6 Å². The molecule has 13 nitrogen and oxygen atoms in total. The maximum absolute atomic E-state index is 14.3. The van der Waals surface area contributed by atoms with Crippen LogP contribution in [0.4, 0.5) is 5.69 Å². The van der Waals surface area contributed by atoms with Crippen molar-refractivity contribution in [3.63, 3.8) is 0 Å². The molecule has 0 radical (unpaired) electrons. The van der Waals surface area contributed by atoms with E-state index in [-0.39, 0.29) is 29.7 Å². The summed E-state index contributed by atoms with van der Waals surface area (Å²) >= 11 is 0. The first-order chi connectivity index (χ1) is 21.7. The molecule has 0 spiro atoms. The Hall–Kier alpha value is -3.75. The van der Waals surface area contributed by atoms with Crippen LogP contribution in [0.2, 0.25) is 0 Å². The smallest absolute Gasteiger partial charge is 0.230 e. The Labute approximate surface area is 267 Å². The highest BCUT2D eigenvalue weighted by Crippen LogP contribution is 2.54. The van der Waals surface area contributed by atoms with Gasteiger partial charge in [-0.15, -0.1) is 0 Å². The molecule has 6 atom stereocenters. The first-order valence-corrected chi connectivity index (χ1v) is 15.6. The van der Waals surface area contributed by atoms with E-state index in [1.165, 1.54) is 0 Å². The van der Waals surface area contributed by atoms with Crippen LogP contribution in [0.5, 0.6) is 5.75 Å². The van der Waals surface area contributed by atoms with Crippen molar-refractivity contribution in [2.24, 2.45) is 23.5 Å². The summed E-state index contributed by atoms with van der Waals surface area (Å²) in [4.78, 5) is 48.3. The number of carbonyl (C=O) groups excluding carboxylic acids is 3. The number of piperazine rings is 1. The minimum Gasteiger partial charge on any atom is -0.508 e. The summed E-state index contributed by atoms with van der Waals surface area (Å²) in [6.45, 7) is 4.32. The third kappa shape index (κ3) is 4.83. The third-order valence-electron chi connectivity index (χ3n) is 10.5. The number of ketones is 2. The second-order valence-electron chi connectivity index (χ2n) is 13.7. The largest absolute Gasteiger partial charge is 0.508 e. The van der Waals surface area contributed by atoms with Gasteiger partial charge < -0.3 is 45.3 Å². The molecule has 2 fully saturated rings. The Kier molecular flexibility index (Phi) is 8.05. The van der Waals surface area contributed by atoms with Crippen molar-refractivity contribution in [1.29, 1.82) is 0 Å².